The molecule has 0 aliphatic carbocycles. The molecule has 0 atom stereocenters. The van der Waals surface area contributed by atoms with Crippen LogP contribution in [0.2, 0.25) is 0 Å². The van der Waals surface area contributed by atoms with Gasteiger partial charge in [0.25, 0.3) is 0 Å². The van der Waals surface area contributed by atoms with Gasteiger partial charge in [0.05, 0.1) is 26.4 Å². The van der Waals surface area contributed by atoms with Gasteiger partial charge in [0.15, 0.2) is 0 Å². The van der Waals surface area contributed by atoms with E-state index in [4.69, 9.17) is 14.6 Å². The predicted molar refractivity (Wildman–Crippen MR) is 75.8 cm³/mol. The molecule has 0 amide bonds. The van der Waals surface area contributed by atoms with Crippen molar-refractivity contribution in [2.45, 2.75) is 26.4 Å². The minimum Gasteiger partial charge on any atom is -0.395 e. The zero-order valence-corrected chi connectivity index (χ0v) is 11.5. The molecule has 0 saturated heterocycles. The van der Waals surface area contributed by atoms with Crippen molar-refractivity contribution in [1.29, 1.82) is 0 Å². The summed E-state index contributed by atoms with van der Waals surface area (Å²) < 4.78 is 10.9. The Morgan fingerprint density at radius 1 is 1.16 bits per heavy atom. The molecule has 0 fully saturated rings. The molecule has 1 aromatic rings. The fourth-order valence-corrected chi connectivity index (χ4v) is 1.51. The number of hydrogen-bond donors (Lipinski definition) is 1. The normalized spacial score (nSPS) is 10.0. The highest BCUT2D eigenvalue weighted by atomic mass is 16.5. The van der Waals surface area contributed by atoms with Gasteiger partial charge in [-0.3, -0.25) is 0 Å². The summed E-state index contributed by atoms with van der Waals surface area (Å²) in [7, 11) is 0. The Balaban J connectivity index is 2.30. The van der Waals surface area contributed by atoms with E-state index in [9.17, 15) is 0 Å². The highest BCUT2D eigenvalue weighted by Gasteiger charge is 1.95. The highest BCUT2D eigenvalue weighted by Crippen LogP contribution is 2.05. The number of ether oxygens (including phenoxy) is 2. The second kappa shape index (κ2) is 10.6. The van der Waals surface area contributed by atoms with E-state index in [0.717, 1.165) is 24.2 Å². The topological polar surface area (TPSA) is 38.7 Å². The fraction of sp³-hybridized carbons (Fsp3) is 0.500. The van der Waals surface area contributed by atoms with E-state index < -0.39 is 0 Å². The second-order valence-electron chi connectivity index (χ2n) is 4.14. The summed E-state index contributed by atoms with van der Waals surface area (Å²) in [4.78, 5) is 0. The molecule has 0 aromatic heterocycles. The largest absolute Gasteiger partial charge is 0.395 e. The van der Waals surface area contributed by atoms with Crippen LogP contribution in [-0.2, 0) is 16.1 Å². The van der Waals surface area contributed by atoms with Gasteiger partial charge in [0.1, 0.15) is 0 Å². The molecule has 0 heterocycles. The van der Waals surface area contributed by atoms with Crippen LogP contribution in [0.25, 0.3) is 0 Å². The van der Waals surface area contributed by atoms with Crippen LogP contribution in [0, 0.1) is 11.8 Å². The van der Waals surface area contributed by atoms with E-state index in [0.29, 0.717) is 26.2 Å². The third kappa shape index (κ3) is 7.63. The number of rotatable bonds is 8. The van der Waals surface area contributed by atoms with Gasteiger partial charge in [0.2, 0.25) is 0 Å². The average Bonchev–Trinajstić information content (AvgIpc) is 2.43. The zero-order valence-electron chi connectivity index (χ0n) is 11.5. The van der Waals surface area contributed by atoms with Crippen molar-refractivity contribution < 1.29 is 14.6 Å². The summed E-state index contributed by atoms with van der Waals surface area (Å²) in [6.07, 6.45) is 1.55. The first-order chi connectivity index (χ1) is 9.36. The van der Waals surface area contributed by atoms with Crippen LogP contribution in [0.1, 0.15) is 30.9 Å². The van der Waals surface area contributed by atoms with Crippen molar-refractivity contribution in [2.75, 3.05) is 26.4 Å². The zero-order chi connectivity index (χ0) is 13.8. The Labute approximate surface area is 115 Å². The van der Waals surface area contributed by atoms with Gasteiger partial charge in [-0.1, -0.05) is 30.9 Å². The molecule has 19 heavy (non-hydrogen) atoms. The molecule has 0 bridgehead atoms. The summed E-state index contributed by atoms with van der Waals surface area (Å²) >= 11 is 0. The van der Waals surface area contributed by atoms with E-state index in [1.807, 2.05) is 24.3 Å². The standard InChI is InChI=1S/C16H22O3/c1-2-10-18-11-12-19-14-16-8-5-7-15(13-16)6-3-4-9-17/h5,7-8,13,17H,2,4,9-12,14H2,1H3. The van der Waals surface area contributed by atoms with Gasteiger partial charge in [-0.05, 0) is 24.1 Å². The molecule has 1 aromatic carbocycles. The van der Waals surface area contributed by atoms with Crippen LogP contribution in [0.4, 0.5) is 0 Å². The molecule has 3 nitrogen and oxygen atoms in total. The number of aliphatic hydroxyl groups is 1. The van der Waals surface area contributed by atoms with Gasteiger partial charge in [-0.2, -0.15) is 0 Å². The van der Waals surface area contributed by atoms with Crippen molar-refractivity contribution in [3.63, 3.8) is 0 Å². The van der Waals surface area contributed by atoms with E-state index in [1.54, 1.807) is 0 Å². The Morgan fingerprint density at radius 2 is 2.00 bits per heavy atom. The maximum Gasteiger partial charge on any atom is 0.0718 e. The van der Waals surface area contributed by atoms with Crippen LogP contribution in [0.3, 0.4) is 0 Å². The first-order valence-electron chi connectivity index (χ1n) is 6.71. The Morgan fingerprint density at radius 3 is 2.79 bits per heavy atom. The minimum absolute atomic E-state index is 0.105. The van der Waals surface area contributed by atoms with E-state index in [2.05, 4.69) is 18.8 Å². The molecule has 0 aliphatic heterocycles. The molecule has 104 valence electrons. The number of aliphatic hydroxyl groups excluding tert-OH is 1. The molecule has 0 aliphatic rings. The molecule has 0 radical (unpaired) electrons. The van der Waals surface area contributed by atoms with Crippen molar-refractivity contribution in [3.8, 4) is 11.8 Å². The van der Waals surface area contributed by atoms with E-state index >= 15 is 0 Å². The van der Waals surface area contributed by atoms with E-state index in [-0.39, 0.29) is 6.61 Å². The van der Waals surface area contributed by atoms with Gasteiger partial charge < -0.3 is 14.6 Å². The SMILES string of the molecule is CCCOCCOCc1cccc(C#CCCO)c1. The predicted octanol–water partition coefficient (Wildman–Crippen LogP) is 2.36. The van der Waals surface area contributed by atoms with Crippen molar-refractivity contribution in [3.05, 3.63) is 35.4 Å². The summed E-state index contributed by atoms with van der Waals surface area (Å²) in [5, 5.41) is 8.67. The maximum atomic E-state index is 8.67. The Bertz CT molecular complexity index is 404. The van der Waals surface area contributed by atoms with Gasteiger partial charge in [0, 0.05) is 18.6 Å². The number of hydrogen-bond acceptors (Lipinski definition) is 3. The second-order valence-corrected chi connectivity index (χ2v) is 4.14. The number of benzene rings is 1. The highest BCUT2D eigenvalue weighted by molar-refractivity contribution is 5.36. The van der Waals surface area contributed by atoms with Crippen LogP contribution in [-0.4, -0.2) is 31.5 Å². The third-order valence-corrected chi connectivity index (χ3v) is 2.39. The average molecular weight is 262 g/mol. The van der Waals surface area contributed by atoms with E-state index in [1.165, 1.54) is 0 Å². The molecule has 1 rings (SSSR count). The van der Waals surface area contributed by atoms with Gasteiger partial charge >= 0.3 is 0 Å². The molecule has 0 saturated carbocycles. The fourth-order valence-electron chi connectivity index (χ4n) is 1.51. The molecule has 3 heteroatoms. The lowest BCUT2D eigenvalue weighted by Crippen LogP contribution is -2.04. The molecule has 1 N–H and O–H groups in total. The molecular weight excluding hydrogens is 240 g/mol. The Kier molecular flexibility index (Phi) is 8.74. The smallest absolute Gasteiger partial charge is 0.0718 e. The van der Waals surface area contributed by atoms with Crippen LogP contribution >= 0.6 is 0 Å². The first-order valence-corrected chi connectivity index (χ1v) is 6.71. The monoisotopic (exact) mass is 262 g/mol. The van der Waals surface area contributed by atoms with Gasteiger partial charge in [-0.25, -0.2) is 0 Å². The lowest BCUT2D eigenvalue weighted by atomic mass is 10.1. The third-order valence-electron chi connectivity index (χ3n) is 2.39. The lowest BCUT2D eigenvalue weighted by Gasteiger charge is -2.05. The van der Waals surface area contributed by atoms with Crippen molar-refractivity contribution in [2.24, 2.45) is 0 Å². The lowest BCUT2D eigenvalue weighted by molar-refractivity contribution is 0.0408. The van der Waals surface area contributed by atoms with Gasteiger partial charge in [-0.15, -0.1) is 0 Å². The van der Waals surface area contributed by atoms with Crippen LogP contribution in [0.5, 0.6) is 0 Å². The van der Waals surface area contributed by atoms with Crippen molar-refractivity contribution in [1.82, 2.24) is 0 Å². The first kappa shape index (κ1) is 15.7. The maximum absolute atomic E-state index is 8.67. The van der Waals surface area contributed by atoms with Crippen LogP contribution in [0.15, 0.2) is 24.3 Å². The summed E-state index contributed by atoms with van der Waals surface area (Å²) in [6.45, 7) is 4.81. The quantitative estimate of drug-likeness (QED) is 0.577. The molecule has 0 unspecified atom stereocenters. The molecule has 0 spiro atoms. The molecular formula is C16H22O3. The minimum atomic E-state index is 0.105. The summed E-state index contributed by atoms with van der Waals surface area (Å²) in [5.41, 5.74) is 2.06. The van der Waals surface area contributed by atoms with Crippen LogP contribution < -0.4 is 0 Å². The Hall–Kier alpha value is -1.34. The summed E-state index contributed by atoms with van der Waals surface area (Å²) in [6, 6.07) is 7.95. The van der Waals surface area contributed by atoms with Crippen molar-refractivity contribution >= 4 is 0 Å². The summed E-state index contributed by atoms with van der Waals surface area (Å²) in [5.74, 6) is 5.92.